The van der Waals surface area contributed by atoms with Gasteiger partial charge in [-0.3, -0.25) is 2.78 Å². The van der Waals surface area contributed by atoms with Crippen molar-refractivity contribution in [2.75, 3.05) is 7.11 Å². The fourth-order valence-electron chi connectivity index (χ4n) is 2.03. The smallest absolute Gasteiger partial charge is 0.119 e. The number of nitrogens with zero attached hydrogens (tertiary/aromatic N) is 1. The Kier molecular flexibility index (Phi) is 2.28. The standard InChI is InChI=1S/C13H10INO/c1-16-9-6-7-13-11(8-9)10-4-2-3-5-12(10)15(13)14/h2-8H,1H3. The second-order valence-electron chi connectivity index (χ2n) is 3.68. The van der Waals surface area contributed by atoms with Crippen LogP contribution in [0.2, 0.25) is 0 Å². The minimum absolute atomic E-state index is 0.903. The molecule has 2 nitrogen and oxygen atoms in total. The topological polar surface area (TPSA) is 14.2 Å². The molecule has 2 aromatic carbocycles. The monoisotopic (exact) mass is 323 g/mol. The highest BCUT2D eigenvalue weighted by Gasteiger charge is 2.08. The average molecular weight is 323 g/mol. The van der Waals surface area contributed by atoms with Crippen LogP contribution < -0.4 is 4.74 Å². The molecule has 0 saturated carbocycles. The number of methoxy groups -OCH3 is 1. The number of fused-ring (bicyclic) bond motifs is 3. The molecule has 0 atom stereocenters. The Hall–Kier alpha value is -1.23. The molecule has 1 aromatic heterocycles. The zero-order valence-corrected chi connectivity index (χ0v) is 10.9. The Morgan fingerprint density at radius 2 is 1.75 bits per heavy atom. The predicted molar refractivity (Wildman–Crippen MR) is 75.4 cm³/mol. The molecule has 0 aliphatic heterocycles. The molecule has 0 radical (unpaired) electrons. The molecule has 0 N–H and O–H groups in total. The van der Waals surface area contributed by atoms with Crippen molar-refractivity contribution < 1.29 is 4.74 Å². The zero-order valence-electron chi connectivity index (χ0n) is 8.77. The minimum atomic E-state index is 0.903. The fraction of sp³-hybridized carbons (Fsp3) is 0.0769. The SMILES string of the molecule is COc1ccc2c(c1)c1ccccc1n2I. The van der Waals surface area contributed by atoms with Crippen LogP contribution in [0.4, 0.5) is 0 Å². The van der Waals surface area contributed by atoms with E-state index in [4.69, 9.17) is 4.74 Å². The number of hydrogen-bond donors (Lipinski definition) is 0. The molecular weight excluding hydrogens is 313 g/mol. The molecule has 80 valence electrons. The Morgan fingerprint density at radius 3 is 2.56 bits per heavy atom. The third kappa shape index (κ3) is 1.31. The molecule has 3 rings (SSSR count). The van der Waals surface area contributed by atoms with E-state index in [9.17, 15) is 0 Å². The maximum absolute atomic E-state index is 5.27. The summed E-state index contributed by atoms with van der Waals surface area (Å²) in [5.74, 6) is 0.903. The van der Waals surface area contributed by atoms with E-state index in [0.717, 1.165) is 5.75 Å². The van der Waals surface area contributed by atoms with Crippen molar-refractivity contribution in [2.45, 2.75) is 0 Å². The molecule has 1 heterocycles. The van der Waals surface area contributed by atoms with E-state index in [1.165, 1.54) is 21.8 Å². The van der Waals surface area contributed by atoms with Crippen molar-refractivity contribution in [1.82, 2.24) is 2.78 Å². The number of benzene rings is 2. The van der Waals surface area contributed by atoms with Crippen LogP contribution in [0.5, 0.6) is 5.75 Å². The summed E-state index contributed by atoms with van der Waals surface area (Å²) in [6, 6.07) is 14.6. The van der Waals surface area contributed by atoms with Gasteiger partial charge in [-0.15, -0.1) is 0 Å². The van der Waals surface area contributed by atoms with Crippen LogP contribution in [-0.4, -0.2) is 9.89 Å². The lowest BCUT2D eigenvalue weighted by atomic mass is 10.1. The largest absolute Gasteiger partial charge is 0.497 e. The molecule has 0 spiro atoms. The van der Waals surface area contributed by atoms with Gasteiger partial charge in [0.15, 0.2) is 0 Å². The van der Waals surface area contributed by atoms with Crippen molar-refractivity contribution in [2.24, 2.45) is 0 Å². The Bertz CT molecular complexity index is 672. The van der Waals surface area contributed by atoms with Gasteiger partial charge in [-0.2, -0.15) is 0 Å². The van der Waals surface area contributed by atoms with Gasteiger partial charge in [0, 0.05) is 10.8 Å². The predicted octanol–water partition coefficient (Wildman–Crippen LogP) is 4.00. The minimum Gasteiger partial charge on any atom is -0.497 e. The van der Waals surface area contributed by atoms with Gasteiger partial charge in [-0.1, -0.05) is 18.2 Å². The highest BCUT2D eigenvalue weighted by molar-refractivity contribution is 14.1. The highest BCUT2D eigenvalue weighted by Crippen LogP contribution is 2.32. The van der Waals surface area contributed by atoms with Crippen LogP contribution in [0.1, 0.15) is 0 Å². The highest BCUT2D eigenvalue weighted by atomic mass is 127. The summed E-state index contributed by atoms with van der Waals surface area (Å²) in [6.07, 6.45) is 0. The van der Waals surface area contributed by atoms with Crippen LogP contribution in [-0.2, 0) is 0 Å². The van der Waals surface area contributed by atoms with E-state index < -0.39 is 0 Å². The molecule has 3 heteroatoms. The Labute approximate surface area is 107 Å². The lowest BCUT2D eigenvalue weighted by Gasteiger charge is -1.99. The summed E-state index contributed by atoms with van der Waals surface area (Å²) in [5, 5.41) is 2.51. The first-order chi connectivity index (χ1) is 7.81. The van der Waals surface area contributed by atoms with Gasteiger partial charge in [-0.25, -0.2) is 0 Å². The molecule has 16 heavy (non-hydrogen) atoms. The summed E-state index contributed by atoms with van der Waals surface area (Å²) in [5.41, 5.74) is 2.47. The van der Waals surface area contributed by atoms with E-state index in [2.05, 4.69) is 62.0 Å². The van der Waals surface area contributed by atoms with E-state index in [1.54, 1.807) is 7.11 Å². The van der Waals surface area contributed by atoms with Gasteiger partial charge in [0.1, 0.15) is 5.75 Å². The summed E-state index contributed by atoms with van der Waals surface area (Å²) in [4.78, 5) is 0. The van der Waals surface area contributed by atoms with Crippen molar-refractivity contribution in [3.8, 4) is 5.75 Å². The number of rotatable bonds is 1. The molecule has 0 aliphatic carbocycles. The first kappa shape index (κ1) is 9.96. The normalized spacial score (nSPS) is 11.1. The van der Waals surface area contributed by atoms with Gasteiger partial charge < -0.3 is 4.74 Å². The Morgan fingerprint density at radius 1 is 1.00 bits per heavy atom. The van der Waals surface area contributed by atoms with Crippen molar-refractivity contribution >= 4 is 44.7 Å². The van der Waals surface area contributed by atoms with Crippen molar-refractivity contribution in [1.29, 1.82) is 0 Å². The molecule has 0 fully saturated rings. The zero-order chi connectivity index (χ0) is 11.1. The van der Waals surface area contributed by atoms with E-state index >= 15 is 0 Å². The maximum Gasteiger partial charge on any atom is 0.119 e. The number of para-hydroxylation sites is 1. The molecule has 0 amide bonds. The van der Waals surface area contributed by atoms with Gasteiger partial charge >= 0.3 is 0 Å². The fourth-order valence-corrected chi connectivity index (χ4v) is 2.87. The summed E-state index contributed by atoms with van der Waals surface area (Å²) in [7, 11) is 1.70. The van der Waals surface area contributed by atoms with Gasteiger partial charge in [0.25, 0.3) is 0 Å². The van der Waals surface area contributed by atoms with Gasteiger partial charge in [0.05, 0.1) is 41.0 Å². The number of halogens is 1. The maximum atomic E-state index is 5.27. The number of aromatic nitrogens is 1. The van der Waals surface area contributed by atoms with Gasteiger partial charge in [0.2, 0.25) is 0 Å². The first-order valence-electron chi connectivity index (χ1n) is 5.04. The van der Waals surface area contributed by atoms with E-state index in [1.807, 2.05) is 6.07 Å². The summed E-state index contributed by atoms with van der Waals surface area (Å²) in [6.45, 7) is 0. The molecule has 0 saturated heterocycles. The molecule has 0 bridgehead atoms. The molecular formula is C13H10INO. The Balaban J connectivity index is 2.52. The van der Waals surface area contributed by atoms with Crippen molar-refractivity contribution in [3.05, 3.63) is 42.5 Å². The van der Waals surface area contributed by atoms with Crippen molar-refractivity contribution in [3.63, 3.8) is 0 Å². The van der Waals surface area contributed by atoms with Crippen LogP contribution in [0.15, 0.2) is 42.5 Å². The quantitative estimate of drug-likeness (QED) is 0.618. The molecule has 3 aromatic rings. The van der Waals surface area contributed by atoms with Gasteiger partial charge in [-0.05, 0) is 24.3 Å². The van der Waals surface area contributed by atoms with E-state index in [-0.39, 0.29) is 0 Å². The van der Waals surface area contributed by atoms with Crippen LogP contribution >= 0.6 is 22.9 Å². The second-order valence-corrected chi connectivity index (χ2v) is 4.65. The van der Waals surface area contributed by atoms with Crippen LogP contribution in [0.25, 0.3) is 21.8 Å². The molecule has 0 aliphatic rings. The number of ether oxygens (including phenoxy) is 1. The summed E-state index contributed by atoms with van der Waals surface area (Å²) >= 11 is 2.33. The lowest BCUT2D eigenvalue weighted by Crippen LogP contribution is -1.82. The molecule has 0 unspecified atom stereocenters. The second kappa shape index (κ2) is 3.66. The van der Waals surface area contributed by atoms with Crippen LogP contribution in [0, 0.1) is 0 Å². The van der Waals surface area contributed by atoms with E-state index in [0.29, 0.717) is 0 Å². The first-order valence-corrected chi connectivity index (χ1v) is 6.01. The summed E-state index contributed by atoms with van der Waals surface area (Å²) < 4.78 is 7.45. The lowest BCUT2D eigenvalue weighted by molar-refractivity contribution is 0.415. The van der Waals surface area contributed by atoms with Crippen LogP contribution in [0.3, 0.4) is 0 Å². The number of hydrogen-bond acceptors (Lipinski definition) is 1. The third-order valence-corrected chi connectivity index (χ3v) is 3.86. The average Bonchev–Trinajstić information content (AvgIpc) is 2.64. The third-order valence-electron chi connectivity index (χ3n) is 2.82.